The van der Waals surface area contributed by atoms with Crippen LogP contribution in [0.5, 0.6) is 0 Å². The summed E-state index contributed by atoms with van der Waals surface area (Å²) in [5, 5.41) is 6.25. The van der Waals surface area contributed by atoms with Gasteiger partial charge < -0.3 is 16.4 Å². The number of fused-ring (bicyclic) bond motifs is 2. The van der Waals surface area contributed by atoms with E-state index in [1.54, 1.807) is 6.20 Å². The van der Waals surface area contributed by atoms with Gasteiger partial charge in [0.25, 0.3) is 12.3 Å². The lowest BCUT2D eigenvalue weighted by atomic mass is 10.0. The topological polar surface area (TPSA) is 124 Å². The van der Waals surface area contributed by atoms with Crippen LogP contribution in [-0.2, 0) is 6.42 Å². The Balaban J connectivity index is 0.00000175. The number of pyridine rings is 3. The molecular weight excluding hydrogens is 574 g/mol. The highest BCUT2D eigenvalue weighted by Gasteiger charge is 2.26. The van der Waals surface area contributed by atoms with Crippen molar-refractivity contribution in [3.05, 3.63) is 95.1 Å². The van der Waals surface area contributed by atoms with E-state index in [9.17, 15) is 13.6 Å². The van der Waals surface area contributed by atoms with Gasteiger partial charge in [0.05, 0.1) is 17.2 Å². The fraction of sp³-hybridized carbons (Fsp3) is 0.265. The van der Waals surface area contributed by atoms with Gasteiger partial charge in [0, 0.05) is 37.1 Å². The molecule has 0 radical (unpaired) electrons. The van der Waals surface area contributed by atoms with Crippen molar-refractivity contribution in [3.63, 3.8) is 0 Å². The highest BCUT2D eigenvalue weighted by Crippen LogP contribution is 2.36. The van der Waals surface area contributed by atoms with E-state index in [1.807, 2.05) is 54.8 Å². The molecule has 4 N–H and O–H groups in total. The molecule has 228 valence electrons. The first-order valence-electron chi connectivity index (χ1n) is 15.0. The Hall–Kier alpha value is -5.21. The smallest absolute Gasteiger partial charge is 0.280 e. The van der Waals surface area contributed by atoms with E-state index in [0.29, 0.717) is 46.4 Å². The first kappa shape index (κ1) is 29.8. The number of carbonyl (C=O) groups is 1. The maximum absolute atomic E-state index is 12.9. The van der Waals surface area contributed by atoms with Crippen LogP contribution in [0.1, 0.15) is 65.6 Å². The Bertz CT molecular complexity index is 1920. The van der Waals surface area contributed by atoms with Crippen molar-refractivity contribution >= 4 is 22.9 Å². The number of alkyl halides is 2. The summed E-state index contributed by atoms with van der Waals surface area (Å²) in [5.41, 5.74) is 11.8. The van der Waals surface area contributed by atoms with Crippen molar-refractivity contribution in [1.29, 1.82) is 0 Å². The van der Waals surface area contributed by atoms with Gasteiger partial charge in [-0.25, -0.2) is 23.7 Å². The zero-order valence-corrected chi connectivity index (χ0v) is 24.9. The number of nitrogen functional groups attached to an aromatic ring is 1. The number of benzene rings is 1. The maximum Gasteiger partial charge on any atom is 0.280 e. The zero-order valence-electron chi connectivity index (χ0n) is 24.9. The van der Waals surface area contributed by atoms with Gasteiger partial charge in [-0.05, 0) is 78.4 Å². The number of aromatic nitrogens is 5. The van der Waals surface area contributed by atoms with Gasteiger partial charge in [0.15, 0.2) is 11.5 Å². The monoisotopic (exact) mass is 606 g/mol. The number of amides is 1. The summed E-state index contributed by atoms with van der Waals surface area (Å²) < 4.78 is 27.7. The van der Waals surface area contributed by atoms with Crippen molar-refractivity contribution in [1.82, 2.24) is 35.1 Å². The lowest BCUT2D eigenvalue weighted by Crippen LogP contribution is -2.40. The Morgan fingerprint density at radius 1 is 1.09 bits per heavy atom. The van der Waals surface area contributed by atoms with Crippen LogP contribution in [0.2, 0.25) is 0 Å². The average molecular weight is 607 g/mol. The van der Waals surface area contributed by atoms with Gasteiger partial charge in [0.1, 0.15) is 22.7 Å². The molecule has 1 amide bonds. The zero-order chi connectivity index (χ0) is 31.5. The molecule has 11 heteroatoms. The molecule has 0 saturated carbocycles. The van der Waals surface area contributed by atoms with Crippen LogP contribution in [0.3, 0.4) is 0 Å². The van der Waals surface area contributed by atoms with Crippen LogP contribution in [0.25, 0.3) is 28.2 Å². The molecule has 1 atom stereocenters. The molecule has 1 aliphatic carbocycles. The molecule has 0 spiro atoms. The highest BCUT2D eigenvalue weighted by molar-refractivity contribution is 5.94. The van der Waals surface area contributed by atoms with Crippen LogP contribution in [-0.4, -0.2) is 43.5 Å². The molecule has 7 rings (SSSR count). The predicted molar refractivity (Wildman–Crippen MR) is 169 cm³/mol. The van der Waals surface area contributed by atoms with Crippen molar-refractivity contribution in [2.75, 3.05) is 18.8 Å². The number of imidazole rings is 1. The molecule has 1 aliphatic heterocycles. The van der Waals surface area contributed by atoms with Crippen LogP contribution in [0, 0.1) is 17.8 Å². The van der Waals surface area contributed by atoms with Crippen molar-refractivity contribution in [2.45, 2.75) is 39.2 Å². The Morgan fingerprint density at radius 3 is 2.64 bits per heavy atom. The van der Waals surface area contributed by atoms with Crippen molar-refractivity contribution in [2.24, 2.45) is 5.92 Å². The van der Waals surface area contributed by atoms with E-state index >= 15 is 0 Å². The first-order valence-corrected chi connectivity index (χ1v) is 15.0. The molecule has 2 aliphatic rings. The Kier molecular flexibility index (Phi) is 8.49. The third kappa shape index (κ3) is 5.97. The standard InChI is InChI=1S/C32H26F2N8O.C2H6/c33-28(34)26-11-5-20(17-38-26)32(43)41-25-10-4-19-14-22(8-9-23(19)25)42-30(24-2-1-13-37-29(24)35)40-27-12-7-21(39-31(27)42)6-3-18-15-36-16-18;1-2/h1-2,5,7-9,11-14,17-18,25,28,36H,4,10,15-16H2,(H2,35,37)(H,41,43);1-2H3. The molecular formula is C34H32F2N8O. The van der Waals surface area contributed by atoms with Crippen LogP contribution < -0.4 is 16.4 Å². The van der Waals surface area contributed by atoms with Crippen LogP contribution in [0.15, 0.2) is 67.0 Å². The summed E-state index contributed by atoms with van der Waals surface area (Å²) in [6.07, 6.45) is 1.58. The largest absolute Gasteiger partial charge is 0.383 e. The van der Waals surface area contributed by atoms with Gasteiger partial charge >= 0.3 is 0 Å². The minimum Gasteiger partial charge on any atom is -0.383 e. The minimum atomic E-state index is -2.68. The number of nitrogens with zero attached hydrogens (tertiary/aromatic N) is 5. The van der Waals surface area contributed by atoms with E-state index in [-0.39, 0.29) is 23.2 Å². The van der Waals surface area contributed by atoms with E-state index in [1.165, 1.54) is 18.3 Å². The second-order valence-electron chi connectivity index (χ2n) is 10.6. The van der Waals surface area contributed by atoms with Crippen molar-refractivity contribution in [3.8, 4) is 28.9 Å². The fourth-order valence-corrected chi connectivity index (χ4v) is 5.43. The summed E-state index contributed by atoms with van der Waals surface area (Å²) in [7, 11) is 0. The summed E-state index contributed by atoms with van der Waals surface area (Å²) in [6.45, 7) is 5.77. The average Bonchev–Trinajstić information content (AvgIpc) is 3.62. The number of nitrogens with two attached hydrogens (primary N) is 1. The van der Waals surface area contributed by atoms with Gasteiger partial charge in [-0.2, -0.15) is 0 Å². The van der Waals surface area contributed by atoms with Gasteiger partial charge in [-0.15, -0.1) is 0 Å². The van der Waals surface area contributed by atoms with E-state index in [4.69, 9.17) is 15.7 Å². The third-order valence-electron chi connectivity index (χ3n) is 7.81. The summed E-state index contributed by atoms with van der Waals surface area (Å²) >= 11 is 0. The Morgan fingerprint density at radius 2 is 1.93 bits per heavy atom. The number of halogens is 2. The highest BCUT2D eigenvalue weighted by atomic mass is 19.3. The third-order valence-corrected chi connectivity index (χ3v) is 7.81. The maximum atomic E-state index is 12.9. The molecule has 1 unspecified atom stereocenters. The van der Waals surface area contributed by atoms with E-state index in [0.717, 1.165) is 36.3 Å². The number of anilines is 1. The normalized spacial score (nSPS) is 15.4. The lowest BCUT2D eigenvalue weighted by molar-refractivity contribution is 0.0935. The van der Waals surface area contributed by atoms with Gasteiger partial charge in [-0.1, -0.05) is 25.8 Å². The van der Waals surface area contributed by atoms with Gasteiger partial charge in [-0.3, -0.25) is 14.3 Å². The van der Waals surface area contributed by atoms with Crippen LogP contribution in [0.4, 0.5) is 14.6 Å². The molecule has 1 fully saturated rings. The predicted octanol–water partition coefficient (Wildman–Crippen LogP) is 5.41. The number of hydrogen-bond donors (Lipinski definition) is 3. The SMILES string of the molecule is CC.Nc1ncccc1-c1nc2ccc(C#CC3CNC3)nc2n1-c1ccc2c(c1)CCC2NC(=O)c1ccc(C(F)F)nc1. The number of nitrogens with one attached hydrogen (secondary N) is 2. The second kappa shape index (κ2) is 12.8. The molecule has 0 bridgehead atoms. The molecule has 5 heterocycles. The number of carbonyl (C=O) groups excluding carboxylic acids is 1. The van der Waals surface area contributed by atoms with Crippen LogP contribution >= 0.6 is 0 Å². The number of aryl methyl sites for hydroxylation is 1. The molecule has 45 heavy (non-hydrogen) atoms. The van der Waals surface area contributed by atoms with Gasteiger partial charge in [0.2, 0.25) is 0 Å². The molecule has 4 aromatic heterocycles. The van der Waals surface area contributed by atoms with E-state index in [2.05, 4.69) is 38.5 Å². The van der Waals surface area contributed by atoms with E-state index < -0.39 is 6.43 Å². The van der Waals surface area contributed by atoms with Crippen molar-refractivity contribution < 1.29 is 13.6 Å². The molecule has 1 saturated heterocycles. The summed E-state index contributed by atoms with van der Waals surface area (Å²) in [5.74, 6) is 7.42. The minimum absolute atomic E-state index is 0.222. The Labute approximate surface area is 259 Å². The number of hydrogen-bond acceptors (Lipinski definition) is 7. The fourth-order valence-electron chi connectivity index (χ4n) is 5.43. The lowest BCUT2D eigenvalue weighted by Gasteiger charge is -2.21. The summed E-state index contributed by atoms with van der Waals surface area (Å²) in [4.78, 5) is 30.6. The molecule has 1 aromatic carbocycles. The second-order valence-corrected chi connectivity index (χ2v) is 10.6. The molecule has 5 aromatic rings. The number of rotatable bonds is 5. The molecule has 9 nitrogen and oxygen atoms in total. The summed E-state index contributed by atoms with van der Waals surface area (Å²) in [6, 6.07) is 15.9. The quantitative estimate of drug-likeness (QED) is 0.229. The first-order chi connectivity index (χ1) is 21.9.